The first-order valence-corrected chi connectivity index (χ1v) is 11.5. The van der Waals surface area contributed by atoms with Gasteiger partial charge in [0.15, 0.2) is 6.67 Å². The van der Waals surface area contributed by atoms with Gasteiger partial charge in [-0.25, -0.2) is 5.01 Å². The Balaban J connectivity index is 1.79. The first kappa shape index (κ1) is 24.2. The second kappa shape index (κ2) is 11.4. The summed E-state index contributed by atoms with van der Waals surface area (Å²) in [5, 5.41) is 19.3. The van der Waals surface area contributed by atoms with Gasteiger partial charge in [-0.15, -0.1) is 5.11 Å². The fraction of sp³-hybridized carbons (Fsp3) is 0.440. The monoisotopic (exact) mass is 451 g/mol. The number of carboxylic acid groups (broad SMARTS) is 1. The lowest BCUT2D eigenvalue weighted by molar-refractivity contribution is -0.145. The van der Waals surface area contributed by atoms with Crippen LogP contribution < -0.4 is 10.5 Å². The highest BCUT2D eigenvalue weighted by Crippen LogP contribution is 2.31. The number of benzene rings is 2. The molecule has 0 aromatic heterocycles. The minimum atomic E-state index is -0.862. The summed E-state index contributed by atoms with van der Waals surface area (Å²) >= 11 is 0. The maximum absolute atomic E-state index is 12.9. The van der Waals surface area contributed by atoms with Crippen LogP contribution in [0.5, 0.6) is 0 Å². The Kier molecular flexibility index (Phi) is 8.40. The number of carbonyl (C=O) groups is 2. The van der Waals surface area contributed by atoms with Crippen LogP contribution in [0.2, 0.25) is 0 Å². The van der Waals surface area contributed by atoms with E-state index >= 15 is 0 Å². The molecule has 33 heavy (non-hydrogen) atoms. The molecule has 2 aromatic rings. The lowest BCUT2D eigenvalue weighted by Crippen LogP contribution is -2.39. The van der Waals surface area contributed by atoms with Gasteiger partial charge in [-0.3, -0.25) is 9.59 Å². The van der Waals surface area contributed by atoms with Crippen LogP contribution in [-0.4, -0.2) is 35.1 Å². The Morgan fingerprint density at radius 1 is 1.15 bits per heavy atom. The molecule has 0 bridgehead atoms. The van der Waals surface area contributed by atoms with E-state index in [1.807, 2.05) is 74.3 Å². The molecule has 176 valence electrons. The van der Waals surface area contributed by atoms with Gasteiger partial charge >= 0.3 is 5.97 Å². The molecule has 2 aromatic carbocycles. The molecule has 0 radical (unpaired) electrons. The zero-order chi connectivity index (χ0) is 23.8. The number of hydrogen-bond acceptors (Lipinski definition) is 6. The van der Waals surface area contributed by atoms with Crippen LogP contribution in [0.3, 0.4) is 0 Å². The van der Waals surface area contributed by atoms with E-state index in [0.29, 0.717) is 19.6 Å². The zero-order valence-electron chi connectivity index (χ0n) is 19.6. The van der Waals surface area contributed by atoms with Gasteiger partial charge in [-0.2, -0.15) is 5.53 Å². The van der Waals surface area contributed by atoms with Gasteiger partial charge in [0.05, 0.1) is 11.6 Å². The third-order valence-corrected chi connectivity index (χ3v) is 5.91. The van der Waals surface area contributed by atoms with Gasteiger partial charge in [0.25, 0.3) is 0 Å². The van der Waals surface area contributed by atoms with Crippen LogP contribution in [0.4, 0.5) is 5.69 Å². The predicted octanol–water partition coefficient (Wildman–Crippen LogP) is 4.88. The number of hydrazine groups is 1. The second-order valence-corrected chi connectivity index (χ2v) is 8.69. The van der Waals surface area contributed by atoms with Crippen molar-refractivity contribution >= 4 is 17.6 Å². The smallest absolute Gasteiger partial charge is 0.308 e. The van der Waals surface area contributed by atoms with Crippen molar-refractivity contribution in [1.82, 2.24) is 10.4 Å². The molecule has 2 N–H and O–H groups in total. The number of rotatable bonds is 11. The van der Waals surface area contributed by atoms with E-state index in [1.54, 1.807) is 4.90 Å². The van der Waals surface area contributed by atoms with Crippen molar-refractivity contribution in [3.63, 3.8) is 0 Å². The van der Waals surface area contributed by atoms with Crippen LogP contribution in [0, 0.1) is 11.8 Å². The minimum absolute atomic E-state index is 0.00535. The van der Waals surface area contributed by atoms with Crippen LogP contribution in [0.1, 0.15) is 45.6 Å². The third kappa shape index (κ3) is 6.31. The molecule has 1 unspecified atom stereocenters. The standard InChI is InChI=1S/C25H33N5O3/c1-4-5-10-24(31)29(16-22(18(2)3)25(32)33)15-19-11-13-20(14-12-19)21-8-6-7-9-23(21)30-17-26-27-28-30/h6-9,11-14,18,22H,4-5,10,15-17H2,1-3H3,(H,26,28)(H,32,33). The van der Waals surface area contributed by atoms with E-state index in [2.05, 4.69) is 15.9 Å². The number of amides is 1. The van der Waals surface area contributed by atoms with Crippen molar-refractivity contribution in [1.29, 1.82) is 0 Å². The van der Waals surface area contributed by atoms with Crippen LogP contribution in [0.25, 0.3) is 11.1 Å². The van der Waals surface area contributed by atoms with Gasteiger partial charge in [-0.05, 0) is 29.5 Å². The predicted molar refractivity (Wildman–Crippen MR) is 128 cm³/mol. The fourth-order valence-corrected chi connectivity index (χ4v) is 3.86. The number of nitrogens with one attached hydrogen (secondary N) is 1. The quantitative estimate of drug-likeness (QED) is 0.507. The molecule has 1 atom stereocenters. The van der Waals surface area contributed by atoms with Gasteiger partial charge in [0.2, 0.25) is 5.91 Å². The summed E-state index contributed by atoms with van der Waals surface area (Å²) in [6.07, 6.45) is 2.16. The molecule has 8 heteroatoms. The summed E-state index contributed by atoms with van der Waals surface area (Å²) in [4.78, 5) is 26.3. The molecular weight excluding hydrogens is 418 g/mol. The van der Waals surface area contributed by atoms with Crippen molar-refractivity contribution in [2.24, 2.45) is 22.2 Å². The van der Waals surface area contributed by atoms with E-state index in [-0.39, 0.29) is 18.4 Å². The molecule has 0 aliphatic carbocycles. The molecule has 3 rings (SSSR count). The number of anilines is 1. The average molecular weight is 452 g/mol. The molecule has 1 heterocycles. The van der Waals surface area contributed by atoms with Gasteiger partial charge < -0.3 is 10.0 Å². The lowest BCUT2D eigenvalue weighted by Gasteiger charge is -2.28. The lowest BCUT2D eigenvalue weighted by atomic mass is 9.95. The van der Waals surface area contributed by atoms with E-state index < -0.39 is 11.9 Å². The van der Waals surface area contributed by atoms with E-state index in [9.17, 15) is 14.7 Å². The molecule has 0 fully saturated rings. The Morgan fingerprint density at radius 2 is 1.88 bits per heavy atom. The Bertz CT molecular complexity index is 966. The van der Waals surface area contributed by atoms with Crippen molar-refractivity contribution in [2.75, 3.05) is 18.2 Å². The van der Waals surface area contributed by atoms with E-state index in [4.69, 9.17) is 0 Å². The summed E-state index contributed by atoms with van der Waals surface area (Å²) < 4.78 is 0. The molecular formula is C25H33N5O3. The molecule has 0 saturated carbocycles. The number of hydrogen-bond donors (Lipinski definition) is 2. The van der Waals surface area contributed by atoms with Gasteiger partial charge in [-0.1, -0.05) is 74.9 Å². The van der Waals surface area contributed by atoms with Gasteiger partial charge in [0.1, 0.15) is 0 Å². The molecule has 8 nitrogen and oxygen atoms in total. The average Bonchev–Trinajstić information content (AvgIpc) is 3.35. The van der Waals surface area contributed by atoms with E-state index in [1.165, 1.54) is 0 Å². The number of carboxylic acids is 1. The molecule has 0 saturated heterocycles. The Morgan fingerprint density at radius 3 is 2.48 bits per heavy atom. The van der Waals surface area contributed by atoms with Crippen LogP contribution >= 0.6 is 0 Å². The summed E-state index contributed by atoms with van der Waals surface area (Å²) in [6.45, 7) is 6.87. The third-order valence-electron chi connectivity index (χ3n) is 5.91. The fourth-order valence-electron chi connectivity index (χ4n) is 3.86. The Hall–Kier alpha value is -3.42. The zero-order valence-corrected chi connectivity index (χ0v) is 19.6. The summed E-state index contributed by atoms with van der Waals surface area (Å²) in [6, 6.07) is 16.1. The minimum Gasteiger partial charge on any atom is -0.481 e. The summed E-state index contributed by atoms with van der Waals surface area (Å²) in [7, 11) is 0. The maximum atomic E-state index is 12.9. The number of nitrogens with zero attached hydrogens (tertiary/aromatic N) is 4. The number of unbranched alkanes of at least 4 members (excludes halogenated alkanes) is 1. The van der Waals surface area contributed by atoms with Crippen molar-refractivity contribution in [2.45, 2.75) is 46.6 Å². The van der Waals surface area contributed by atoms with Crippen LogP contribution in [0.15, 0.2) is 58.9 Å². The second-order valence-electron chi connectivity index (χ2n) is 8.69. The summed E-state index contributed by atoms with van der Waals surface area (Å²) in [5.74, 6) is -1.50. The Labute approximate surface area is 195 Å². The van der Waals surface area contributed by atoms with Crippen molar-refractivity contribution in [3.8, 4) is 11.1 Å². The molecule has 0 spiro atoms. The maximum Gasteiger partial charge on any atom is 0.308 e. The first-order chi connectivity index (χ1) is 15.9. The largest absolute Gasteiger partial charge is 0.481 e. The first-order valence-electron chi connectivity index (χ1n) is 11.5. The number of aliphatic carboxylic acids is 1. The van der Waals surface area contributed by atoms with Crippen LogP contribution in [-0.2, 0) is 16.1 Å². The van der Waals surface area contributed by atoms with E-state index in [0.717, 1.165) is 35.2 Å². The molecule has 1 aliphatic heterocycles. The topological polar surface area (TPSA) is 97.6 Å². The highest BCUT2D eigenvalue weighted by Gasteiger charge is 2.27. The SMILES string of the molecule is CCCCC(=O)N(Cc1ccc(-c2ccccc2N2CN=NN2)cc1)CC(C(=O)O)C(C)C. The van der Waals surface area contributed by atoms with Crippen molar-refractivity contribution in [3.05, 3.63) is 54.1 Å². The van der Waals surface area contributed by atoms with Crippen molar-refractivity contribution < 1.29 is 14.7 Å². The highest BCUT2D eigenvalue weighted by atomic mass is 16.4. The molecule has 1 aliphatic rings. The number of carbonyl (C=O) groups excluding carboxylic acids is 1. The highest BCUT2D eigenvalue weighted by molar-refractivity contribution is 5.79. The molecule has 1 amide bonds. The summed E-state index contributed by atoms with van der Waals surface area (Å²) in [5.41, 5.74) is 6.92. The van der Waals surface area contributed by atoms with Gasteiger partial charge in [0, 0.05) is 25.1 Å². The number of para-hydroxylation sites is 1. The normalized spacial score (nSPS) is 13.8.